The average Bonchev–Trinajstić information content (AvgIpc) is 3.35. The van der Waals surface area contributed by atoms with Crippen molar-refractivity contribution < 1.29 is 0 Å². The zero-order chi connectivity index (χ0) is 20.4. The molecule has 1 heterocycles. The van der Waals surface area contributed by atoms with Crippen LogP contribution in [0.5, 0.6) is 0 Å². The highest BCUT2D eigenvalue weighted by Gasteiger charge is 2.83. The lowest BCUT2D eigenvalue weighted by molar-refractivity contribution is 0.254. The van der Waals surface area contributed by atoms with Gasteiger partial charge in [-0.15, -0.1) is 0 Å². The Labute approximate surface area is 168 Å². The second-order valence-electron chi connectivity index (χ2n) is 6.90. The first-order valence-electron chi connectivity index (χ1n) is 8.86. The van der Waals surface area contributed by atoms with Gasteiger partial charge in [-0.1, -0.05) is 29.8 Å². The number of allylic oxidation sites excluding steroid dienone is 2. The Morgan fingerprint density at radius 1 is 0.929 bits per heavy atom. The second-order valence-corrected chi connectivity index (χ2v) is 7.31. The largest absolute Gasteiger partial charge is 0.372 e. The van der Waals surface area contributed by atoms with Crippen molar-refractivity contribution in [2.75, 3.05) is 13.1 Å². The summed E-state index contributed by atoms with van der Waals surface area (Å²) in [6, 6.07) is 16.7. The topological polar surface area (TPSA) is 122 Å². The van der Waals surface area contributed by atoms with E-state index in [1.807, 2.05) is 29.2 Å². The van der Waals surface area contributed by atoms with Crippen LogP contribution in [0.3, 0.4) is 0 Å². The van der Waals surface area contributed by atoms with Crippen LogP contribution in [0.25, 0.3) is 0 Å². The first-order chi connectivity index (χ1) is 13.6. The van der Waals surface area contributed by atoms with E-state index in [-0.39, 0.29) is 11.3 Å². The molecule has 2 aliphatic rings. The van der Waals surface area contributed by atoms with Gasteiger partial charge in [-0.05, 0) is 30.9 Å². The maximum atomic E-state index is 10.2. The average molecular weight is 387 g/mol. The number of hydrogen-bond donors (Lipinski definition) is 0. The summed E-state index contributed by atoms with van der Waals surface area (Å²) in [5.74, 6) is -0.845. The van der Waals surface area contributed by atoms with Crippen LogP contribution in [-0.4, -0.2) is 18.0 Å². The van der Waals surface area contributed by atoms with E-state index < -0.39 is 16.7 Å². The van der Waals surface area contributed by atoms with Crippen LogP contribution in [-0.2, 0) is 0 Å². The minimum Gasteiger partial charge on any atom is -0.372 e. The molecule has 7 heteroatoms. The van der Waals surface area contributed by atoms with E-state index in [1.165, 1.54) is 0 Å². The summed E-state index contributed by atoms with van der Waals surface area (Å²) in [6.45, 7) is 1.13. The van der Waals surface area contributed by atoms with Gasteiger partial charge in [-0.25, -0.2) is 0 Å². The van der Waals surface area contributed by atoms with Crippen LogP contribution in [0.1, 0.15) is 30.7 Å². The van der Waals surface area contributed by atoms with E-state index in [2.05, 4.69) is 6.07 Å². The van der Waals surface area contributed by atoms with E-state index in [1.54, 1.807) is 24.3 Å². The first kappa shape index (κ1) is 19.3. The molecule has 0 radical (unpaired) electrons. The van der Waals surface area contributed by atoms with Crippen molar-refractivity contribution in [2.45, 2.75) is 25.2 Å². The Kier molecular flexibility index (Phi) is 4.99. The quantitative estimate of drug-likeness (QED) is 0.728. The standard InChI is InChI=1S/C21H15ClN6/c22-17-7-3-2-6-16(17)18-20(12-25,13-26)21(18,14-27)19(15(10-23)11-24)28-8-4-1-5-9-28/h2-3,6-7,18H,1,4-5,8-9H2/t18-,21+/m0/s1. The van der Waals surface area contributed by atoms with Crippen LogP contribution in [0.15, 0.2) is 35.5 Å². The molecule has 0 amide bonds. The molecule has 3 rings (SSSR count). The van der Waals surface area contributed by atoms with Crippen LogP contribution in [0, 0.1) is 67.5 Å². The van der Waals surface area contributed by atoms with Crippen molar-refractivity contribution in [1.82, 2.24) is 4.90 Å². The van der Waals surface area contributed by atoms with Crippen molar-refractivity contribution in [3.63, 3.8) is 0 Å². The van der Waals surface area contributed by atoms with Crippen molar-refractivity contribution in [1.29, 1.82) is 26.3 Å². The molecule has 2 fully saturated rings. The van der Waals surface area contributed by atoms with E-state index in [4.69, 9.17) is 11.6 Å². The highest BCUT2D eigenvalue weighted by Crippen LogP contribution is 2.78. The summed E-state index contributed by atoms with van der Waals surface area (Å²) in [5, 5.41) is 49.6. The lowest BCUT2D eigenvalue weighted by Gasteiger charge is -2.34. The summed E-state index contributed by atoms with van der Waals surface area (Å²) in [7, 11) is 0. The number of piperidine rings is 1. The fourth-order valence-corrected chi connectivity index (χ4v) is 4.61. The summed E-state index contributed by atoms with van der Waals surface area (Å²) in [4.78, 5) is 1.83. The molecular weight excluding hydrogens is 372 g/mol. The smallest absolute Gasteiger partial charge is 0.177 e. The molecule has 1 aliphatic heterocycles. The third-order valence-electron chi connectivity index (χ3n) is 5.66. The monoisotopic (exact) mass is 386 g/mol. The van der Waals surface area contributed by atoms with Crippen LogP contribution < -0.4 is 0 Å². The van der Waals surface area contributed by atoms with Gasteiger partial charge >= 0.3 is 0 Å². The van der Waals surface area contributed by atoms with Gasteiger partial charge in [0.1, 0.15) is 17.6 Å². The Bertz CT molecular complexity index is 1020. The third kappa shape index (κ3) is 2.42. The number of hydrogen-bond acceptors (Lipinski definition) is 6. The number of rotatable bonds is 3. The zero-order valence-corrected chi connectivity index (χ0v) is 15.7. The molecule has 1 saturated carbocycles. The SMILES string of the molecule is N#CC(C#N)=C(N1CCCCC1)[C@@]1(C#N)[C@@H](c2ccccc2Cl)C1(C#N)C#N. The molecule has 6 nitrogen and oxygen atoms in total. The highest BCUT2D eigenvalue weighted by molar-refractivity contribution is 6.31. The fraction of sp³-hybridized carbons (Fsp3) is 0.381. The second kappa shape index (κ2) is 7.25. The minimum absolute atomic E-state index is 0.188. The van der Waals surface area contributed by atoms with Crippen molar-refractivity contribution >= 4 is 11.6 Å². The summed E-state index contributed by atoms with van der Waals surface area (Å²) >= 11 is 6.33. The van der Waals surface area contributed by atoms with Crippen molar-refractivity contribution in [2.24, 2.45) is 10.8 Å². The van der Waals surface area contributed by atoms with E-state index in [0.29, 0.717) is 23.7 Å². The lowest BCUT2D eigenvalue weighted by atomic mass is 9.87. The molecule has 0 unspecified atom stereocenters. The van der Waals surface area contributed by atoms with E-state index in [0.717, 1.165) is 19.3 Å². The number of nitriles is 5. The molecule has 0 N–H and O–H groups in total. The number of likely N-dealkylation sites (tertiary alicyclic amines) is 1. The summed E-state index contributed by atoms with van der Waals surface area (Å²) in [5.41, 5.74) is -2.89. The number of nitrogens with zero attached hydrogens (tertiary/aromatic N) is 6. The molecule has 28 heavy (non-hydrogen) atoms. The molecule has 1 aromatic rings. The predicted octanol–water partition coefficient (Wildman–Crippen LogP) is 3.77. The molecule has 1 saturated heterocycles. The Morgan fingerprint density at radius 3 is 2.04 bits per heavy atom. The molecule has 0 spiro atoms. The van der Waals surface area contributed by atoms with E-state index in [9.17, 15) is 26.3 Å². The molecular formula is C21H15ClN6. The van der Waals surface area contributed by atoms with Gasteiger partial charge < -0.3 is 4.90 Å². The molecule has 2 atom stereocenters. The number of halogens is 1. The maximum Gasteiger partial charge on any atom is 0.177 e. The Hall–Kier alpha value is -3.50. The summed E-state index contributed by atoms with van der Waals surface area (Å²) < 4.78 is 0. The highest BCUT2D eigenvalue weighted by atomic mass is 35.5. The lowest BCUT2D eigenvalue weighted by Crippen LogP contribution is -2.35. The Morgan fingerprint density at radius 2 is 1.54 bits per heavy atom. The third-order valence-corrected chi connectivity index (χ3v) is 6.00. The van der Waals surface area contributed by atoms with Gasteiger partial charge in [-0.3, -0.25) is 0 Å². The van der Waals surface area contributed by atoms with Crippen molar-refractivity contribution in [3.05, 3.63) is 46.1 Å². The van der Waals surface area contributed by atoms with Gasteiger partial charge in [0.05, 0.1) is 23.9 Å². The molecule has 0 bridgehead atoms. The Balaban J connectivity index is 2.32. The van der Waals surface area contributed by atoms with Gasteiger partial charge in [0.2, 0.25) is 0 Å². The minimum atomic E-state index is -1.72. The zero-order valence-electron chi connectivity index (χ0n) is 15.0. The van der Waals surface area contributed by atoms with Gasteiger partial charge in [0.25, 0.3) is 0 Å². The van der Waals surface area contributed by atoms with Gasteiger partial charge in [0.15, 0.2) is 11.0 Å². The number of benzene rings is 1. The predicted molar refractivity (Wildman–Crippen MR) is 99.6 cm³/mol. The molecule has 1 aromatic carbocycles. The summed E-state index contributed by atoms with van der Waals surface area (Å²) in [6.07, 6.45) is 2.70. The van der Waals surface area contributed by atoms with Crippen LogP contribution >= 0.6 is 11.6 Å². The molecule has 1 aliphatic carbocycles. The van der Waals surface area contributed by atoms with Gasteiger partial charge in [-0.2, -0.15) is 26.3 Å². The van der Waals surface area contributed by atoms with E-state index >= 15 is 0 Å². The van der Waals surface area contributed by atoms with Gasteiger partial charge in [0, 0.05) is 24.0 Å². The maximum absolute atomic E-state index is 10.2. The van der Waals surface area contributed by atoms with Crippen LogP contribution in [0.4, 0.5) is 0 Å². The molecule has 136 valence electrons. The fourth-order valence-electron chi connectivity index (χ4n) is 4.36. The van der Waals surface area contributed by atoms with Crippen LogP contribution in [0.2, 0.25) is 5.02 Å². The first-order valence-corrected chi connectivity index (χ1v) is 9.23. The molecule has 0 aromatic heterocycles. The normalized spacial score (nSPS) is 24.4. The van der Waals surface area contributed by atoms with Crippen molar-refractivity contribution in [3.8, 4) is 30.3 Å².